The molecule has 0 aliphatic carbocycles. The van der Waals surface area contributed by atoms with Crippen molar-refractivity contribution < 1.29 is 9.15 Å². The molecule has 4 rings (SSSR count). The lowest BCUT2D eigenvalue weighted by atomic mass is 10.1. The average Bonchev–Trinajstić information content (AvgIpc) is 3.01. The predicted molar refractivity (Wildman–Crippen MR) is 110 cm³/mol. The number of rotatable bonds is 3. The number of anilines is 1. The molecule has 1 aliphatic heterocycles. The van der Waals surface area contributed by atoms with Crippen molar-refractivity contribution in [1.29, 1.82) is 0 Å². The van der Waals surface area contributed by atoms with Gasteiger partial charge in [0, 0.05) is 42.2 Å². The van der Waals surface area contributed by atoms with E-state index in [1.165, 1.54) is 0 Å². The van der Waals surface area contributed by atoms with Crippen LogP contribution in [0.5, 0.6) is 5.75 Å². The molecule has 0 spiro atoms. The maximum atomic E-state index is 6.25. The lowest BCUT2D eigenvalue weighted by Crippen LogP contribution is -2.44. The van der Waals surface area contributed by atoms with E-state index in [9.17, 15) is 0 Å². The second-order valence-corrected chi connectivity index (χ2v) is 6.88. The van der Waals surface area contributed by atoms with E-state index < -0.39 is 0 Å². The molecule has 6 heteroatoms. The Kier molecular flexibility index (Phi) is 5.66. The minimum Gasteiger partial charge on any atom is -0.497 e. The molecule has 0 amide bonds. The summed E-state index contributed by atoms with van der Waals surface area (Å²) in [5.41, 5.74) is 3.05. The summed E-state index contributed by atoms with van der Waals surface area (Å²) in [7, 11) is 3.85. The van der Waals surface area contributed by atoms with Crippen LogP contribution in [-0.4, -0.2) is 45.2 Å². The van der Waals surface area contributed by atoms with Gasteiger partial charge in [-0.15, -0.1) is 12.4 Å². The molecular weight excluding hydrogens is 371 g/mol. The van der Waals surface area contributed by atoms with E-state index in [-0.39, 0.29) is 12.4 Å². The normalized spacial score (nSPS) is 15.1. The van der Waals surface area contributed by atoms with Crippen molar-refractivity contribution >= 4 is 40.7 Å². The molecule has 0 atom stereocenters. The first-order valence-electron chi connectivity index (χ1n) is 8.45. The van der Waals surface area contributed by atoms with Crippen LogP contribution >= 0.6 is 24.0 Å². The van der Waals surface area contributed by atoms with Gasteiger partial charge in [0.2, 0.25) is 0 Å². The van der Waals surface area contributed by atoms with Gasteiger partial charge in [-0.3, -0.25) is 0 Å². The van der Waals surface area contributed by atoms with Crippen molar-refractivity contribution in [3.63, 3.8) is 0 Å². The highest BCUT2D eigenvalue weighted by molar-refractivity contribution is 6.30. The Bertz CT molecular complexity index is 885. The van der Waals surface area contributed by atoms with Gasteiger partial charge < -0.3 is 19.0 Å². The Labute approximate surface area is 164 Å². The summed E-state index contributed by atoms with van der Waals surface area (Å²) >= 11 is 6.06. The van der Waals surface area contributed by atoms with Gasteiger partial charge in [0.1, 0.15) is 11.3 Å². The van der Waals surface area contributed by atoms with Crippen LogP contribution < -0.4 is 9.64 Å². The third-order valence-electron chi connectivity index (χ3n) is 4.79. The molecule has 0 radical (unpaired) electrons. The van der Waals surface area contributed by atoms with Gasteiger partial charge in [-0.05, 0) is 49.5 Å². The zero-order chi connectivity index (χ0) is 17.4. The molecule has 1 saturated heterocycles. The molecule has 2 aromatic carbocycles. The van der Waals surface area contributed by atoms with Gasteiger partial charge in [0.05, 0.1) is 12.8 Å². The van der Waals surface area contributed by atoms with Crippen LogP contribution in [0.25, 0.3) is 22.3 Å². The van der Waals surface area contributed by atoms with E-state index in [0.29, 0.717) is 0 Å². The highest BCUT2D eigenvalue weighted by Gasteiger charge is 2.24. The number of methoxy groups -OCH3 is 1. The summed E-state index contributed by atoms with van der Waals surface area (Å²) in [5.74, 6) is 1.73. The van der Waals surface area contributed by atoms with Crippen molar-refractivity contribution in [3.05, 3.63) is 47.5 Å². The topological polar surface area (TPSA) is 28.9 Å². The number of hydrogen-bond donors (Lipinski definition) is 0. The maximum absolute atomic E-state index is 6.25. The molecule has 4 nitrogen and oxygen atoms in total. The first kappa shape index (κ1) is 18.9. The Hall–Kier alpha value is -1.88. The number of fused-ring (bicyclic) bond motifs is 1. The Balaban J connectivity index is 0.00000196. The molecule has 0 unspecified atom stereocenters. The van der Waals surface area contributed by atoms with Gasteiger partial charge in [0.15, 0.2) is 5.76 Å². The van der Waals surface area contributed by atoms with Crippen LogP contribution in [0.4, 0.5) is 5.69 Å². The lowest BCUT2D eigenvalue weighted by Gasteiger charge is -2.34. The standard InChI is InChI=1S/C20H21ClN2O2.ClH/c1-22-9-11-23(12-10-22)19-17-13-16(24-2)7-8-18(17)25-20(19)14-3-5-15(21)6-4-14;/h3-8,13H,9-12H2,1-2H3;1H. The Morgan fingerprint density at radius 2 is 1.69 bits per heavy atom. The summed E-state index contributed by atoms with van der Waals surface area (Å²) in [6, 6.07) is 13.8. The summed E-state index contributed by atoms with van der Waals surface area (Å²) in [5, 5.41) is 1.82. The fourth-order valence-electron chi connectivity index (χ4n) is 3.33. The van der Waals surface area contributed by atoms with Crippen LogP contribution in [0, 0.1) is 0 Å². The predicted octanol–water partition coefficient (Wildman–Crippen LogP) is 4.94. The number of furan rings is 1. The van der Waals surface area contributed by atoms with Crippen LogP contribution in [0.15, 0.2) is 46.9 Å². The van der Waals surface area contributed by atoms with Gasteiger partial charge in [-0.2, -0.15) is 0 Å². The molecule has 3 aromatic rings. The average molecular weight is 393 g/mol. The second-order valence-electron chi connectivity index (χ2n) is 6.44. The first-order chi connectivity index (χ1) is 12.2. The Morgan fingerprint density at radius 3 is 2.35 bits per heavy atom. The minimum absolute atomic E-state index is 0. The number of hydrogen-bond acceptors (Lipinski definition) is 4. The molecular formula is C20H22Cl2N2O2. The SMILES string of the molecule is COc1ccc2oc(-c3ccc(Cl)cc3)c(N3CCN(C)CC3)c2c1.Cl. The highest BCUT2D eigenvalue weighted by Crippen LogP contribution is 2.42. The highest BCUT2D eigenvalue weighted by atomic mass is 35.5. The van der Waals surface area contributed by atoms with Crippen LogP contribution in [0.1, 0.15) is 0 Å². The van der Waals surface area contributed by atoms with E-state index >= 15 is 0 Å². The number of benzene rings is 2. The quantitative estimate of drug-likeness (QED) is 0.631. The smallest absolute Gasteiger partial charge is 0.158 e. The monoisotopic (exact) mass is 392 g/mol. The minimum atomic E-state index is 0. The molecule has 0 bridgehead atoms. The molecule has 0 saturated carbocycles. The van der Waals surface area contributed by atoms with Crippen molar-refractivity contribution in [2.75, 3.05) is 45.2 Å². The summed E-state index contributed by atoms with van der Waals surface area (Å²) in [4.78, 5) is 4.76. The van der Waals surface area contributed by atoms with E-state index in [2.05, 4.69) is 22.9 Å². The summed E-state index contributed by atoms with van der Waals surface area (Å²) < 4.78 is 11.7. The van der Waals surface area contributed by atoms with Crippen molar-refractivity contribution in [2.45, 2.75) is 0 Å². The van der Waals surface area contributed by atoms with Crippen molar-refractivity contribution in [2.24, 2.45) is 0 Å². The van der Waals surface area contributed by atoms with Crippen LogP contribution in [-0.2, 0) is 0 Å². The molecule has 138 valence electrons. The lowest BCUT2D eigenvalue weighted by molar-refractivity contribution is 0.313. The van der Waals surface area contributed by atoms with Crippen molar-refractivity contribution in [1.82, 2.24) is 4.90 Å². The van der Waals surface area contributed by atoms with Gasteiger partial charge in [0.25, 0.3) is 0 Å². The molecule has 1 aliphatic rings. The number of nitrogens with zero attached hydrogens (tertiary/aromatic N) is 2. The number of piperazine rings is 1. The molecule has 2 heterocycles. The number of likely N-dealkylation sites (N-methyl/N-ethyl adjacent to an activating group) is 1. The zero-order valence-electron chi connectivity index (χ0n) is 14.9. The number of halogens is 2. The third-order valence-corrected chi connectivity index (χ3v) is 5.05. The third kappa shape index (κ3) is 3.50. The maximum Gasteiger partial charge on any atom is 0.158 e. The van der Waals surface area contributed by atoms with E-state index in [1.54, 1.807) is 7.11 Å². The second kappa shape index (κ2) is 7.78. The molecule has 26 heavy (non-hydrogen) atoms. The van der Waals surface area contributed by atoms with Crippen LogP contribution in [0.2, 0.25) is 5.02 Å². The van der Waals surface area contributed by atoms with Gasteiger partial charge in [-0.25, -0.2) is 0 Å². The zero-order valence-corrected chi connectivity index (χ0v) is 16.4. The largest absolute Gasteiger partial charge is 0.497 e. The molecule has 0 N–H and O–H groups in total. The number of ether oxygens (including phenoxy) is 1. The van der Waals surface area contributed by atoms with Crippen LogP contribution in [0.3, 0.4) is 0 Å². The fourth-order valence-corrected chi connectivity index (χ4v) is 3.46. The van der Waals surface area contributed by atoms with E-state index in [0.717, 1.165) is 64.9 Å². The Morgan fingerprint density at radius 1 is 1.00 bits per heavy atom. The van der Waals surface area contributed by atoms with E-state index in [4.69, 9.17) is 20.8 Å². The fraction of sp³-hybridized carbons (Fsp3) is 0.300. The summed E-state index contributed by atoms with van der Waals surface area (Å²) in [6.07, 6.45) is 0. The van der Waals surface area contributed by atoms with Crippen molar-refractivity contribution in [3.8, 4) is 17.1 Å². The molecule has 1 fully saturated rings. The van der Waals surface area contributed by atoms with E-state index in [1.807, 2.05) is 36.4 Å². The summed E-state index contributed by atoms with van der Waals surface area (Å²) in [6.45, 7) is 4.03. The van der Waals surface area contributed by atoms with Gasteiger partial charge in [-0.1, -0.05) is 11.6 Å². The van der Waals surface area contributed by atoms with Gasteiger partial charge >= 0.3 is 0 Å². The first-order valence-corrected chi connectivity index (χ1v) is 8.83. The molecule has 1 aromatic heterocycles.